The molecule has 0 bridgehead atoms. The number of aliphatic hydroxyl groups is 1. The Morgan fingerprint density at radius 1 is 1.43 bits per heavy atom. The number of nitrogens with zero attached hydrogens (tertiary/aromatic N) is 4. The largest absolute Gasteiger partial charge is 0.395 e. The number of carbonyl (C=O) groups is 1. The smallest absolute Gasteiger partial charge is 0.259 e. The van der Waals surface area contributed by atoms with Gasteiger partial charge in [0.15, 0.2) is 11.5 Å². The summed E-state index contributed by atoms with van der Waals surface area (Å²) in [4.78, 5) is 18.8. The van der Waals surface area contributed by atoms with Crippen molar-refractivity contribution in [2.24, 2.45) is 0 Å². The molecular formula is C13H18N6O2. The van der Waals surface area contributed by atoms with Crippen LogP contribution in [0.3, 0.4) is 0 Å². The molecule has 21 heavy (non-hydrogen) atoms. The van der Waals surface area contributed by atoms with E-state index in [1.54, 1.807) is 6.20 Å². The average molecular weight is 290 g/mol. The third-order valence-corrected chi connectivity index (χ3v) is 3.55. The van der Waals surface area contributed by atoms with Crippen LogP contribution in [0.1, 0.15) is 23.2 Å². The molecule has 0 radical (unpaired) electrons. The highest BCUT2D eigenvalue weighted by molar-refractivity contribution is 6.04. The number of aliphatic hydroxyl groups excluding tert-OH is 1. The minimum absolute atomic E-state index is 0.128. The molecule has 0 spiro atoms. The van der Waals surface area contributed by atoms with Crippen molar-refractivity contribution < 1.29 is 9.90 Å². The second kappa shape index (κ2) is 5.57. The van der Waals surface area contributed by atoms with Crippen molar-refractivity contribution in [2.75, 3.05) is 36.9 Å². The van der Waals surface area contributed by atoms with Crippen LogP contribution in [0, 0.1) is 0 Å². The van der Waals surface area contributed by atoms with Gasteiger partial charge in [-0.1, -0.05) is 0 Å². The zero-order valence-electron chi connectivity index (χ0n) is 11.6. The lowest BCUT2D eigenvalue weighted by molar-refractivity contribution is 0.0947. The van der Waals surface area contributed by atoms with Crippen molar-refractivity contribution in [1.82, 2.24) is 19.9 Å². The quantitative estimate of drug-likeness (QED) is 0.709. The zero-order valence-corrected chi connectivity index (χ0v) is 11.6. The molecule has 3 heterocycles. The Hall–Kier alpha value is -2.35. The number of nitrogens with two attached hydrogens (primary N) is 1. The Morgan fingerprint density at radius 3 is 2.90 bits per heavy atom. The maximum absolute atomic E-state index is 12.1. The molecule has 1 amide bonds. The highest BCUT2D eigenvalue weighted by Crippen LogP contribution is 2.22. The van der Waals surface area contributed by atoms with Crippen molar-refractivity contribution in [3.63, 3.8) is 0 Å². The van der Waals surface area contributed by atoms with Gasteiger partial charge < -0.3 is 21.1 Å². The number of amides is 1. The van der Waals surface area contributed by atoms with Crippen LogP contribution < -0.4 is 16.0 Å². The third kappa shape index (κ3) is 2.49. The van der Waals surface area contributed by atoms with Crippen molar-refractivity contribution in [3.8, 4) is 0 Å². The molecule has 8 nitrogen and oxygen atoms in total. The Labute approximate surface area is 121 Å². The minimum Gasteiger partial charge on any atom is -0.395 e. The van der Waals surface area contributed by atoms with Crippen molar-refractivity contribution in [1.29, 1.82) is 0 Å². The van der Waals surface area contributed by atoms with E-state index in [9.17, 15) is 4.79 Å². The maximum Gasteiger partial charge on any atom is 0.259 e. The van der Waals surface area contributed by atoms with E-state index >= 15 is 0 Å². The first-order valence-electron chi connectivity index (χ1n) is 6.99. The van der Waals surface area contributed by atoms with Crippen LogP contribution >= 0.6 is 0 Å². The van der Waals surface area contributed by atoms with Gasteiger partial charge in [-0.3, -0.25) is 4.79 Å². The summed E-state index contributed by atoms with van der Waals surface area (Å²) >= 11 is 0. The molecular weight excluding hydrogens is 272 g/mol. The van der Waals surface area contributed by atoms with E-state index in [-0.39, 0.29) is 30.4 Å². The summed E-state index contributed by atoms with van der Waals surface area (Å²) in [5.74, 6) is 0.593. The summed E-state index contributed by atoms with van der Waals surface area (Å²) in [6.45, 7) is 1.98. The number of aromatic nitrogens is 3. The van der Waals surface area contributed by atoms with E-state index in [1.165, 1.54) is 4.52 Å². The highest BCUT2D eigenvalue weighted by Gasteiger charge is 2.21. The summed E-state index contributed by atoms with van der Waals surface area (Å²) in [6.07, 6.45) is 4.06. The summed E-state index contributed by atoms with van der Waals surface area (Å²) in [6, 6.07) is 1.88. The lowest BCUT2D eigenvalue weighted by Gasteiger charge is -2.16. The second-order valence-corrected chi connectivity index (χ2v) is 4.99. The Morgan fingerprint density at radius 2 is 2.19 bits per heavy atom. The van der Waals surface area contributed by atoms with Gasteiger partial charge in [-0.15, -0.1) is 5.10 Å². The van der Waals surface area contributed by atoms with Gasteiger partial charge in [0.1, 0.15) is 11.4 Å². The van der Waals surface area contributed by atoms with E-state index in [0.29, 0.717) is 5.65 Å². The second-order valence-electron chi connectivity index (χ2n) is 4.99. The molecule has 1 aliphatic heterocycles. The summed E-state index contributed by atoms with van der Waals surface area (Å²) < 4.78 is 1.50. The predicted octanol–water partition coefficient (Wildman–Crippen LogP) is -0.366. The van der Waals surface area contributed by atoms with Crippen molar-refractivity contribution in [3.05, 3.63) is 17.8 Å². The maximum atomic E-state index is 12.1. The van der Waals surface area contributed by atoms with Crippen LogP contribution in [-0.4, -0.2) is 51.9 Å². The number of anilines is 2. The Kier molecular flexibility index (Phi) is 3.61. The van der Waals surface area contributed by atoms with Gasteiger partial charge in [0.25, 0.3) is 5.91 Å². The topological polar surface area (TPSA) is 109 Å². The van der Waals surface area contributed by atoms with E-state index in [2.05, 4.69) is 20.3 Å². The normalized spacial score (nSPS) is 14.8. The SMILES string of the molecule is Nc1nn2ccc(N3CCCC3)nc2c1C(=O)NCCO. The van der Waals surface area contributed by atoms with E-state index in [4.69, 9.17) is 10.8 Å². The van der Waals surface area contributed by atoms with Gasteiger partial charge in [-0.05, 0) is 18.9 Å². The number of nitrogen functional groups attached to an aromatic ring is 1. The van der Waals surface area contributed by atoms with Gasteiger partial charge in [-0.2, -0.15) is 0 Å². The van der Waals surface area contributed by atoms with Crippen LogP contribution in [-0.2, 0) is 0 Å². The summed E-state index contributed by atoms with van der Waals surface area (Å²) in [5, 5.41) is 15.5. The number of rotatable bonds is 4. The highest BCUT2D eigenvalue weighted by atomic mass is 16.3. The van der Waals surface area contributed by atoms with Crippen LogP contribution in [0.15, 0.2) is 12.3 Å². The zero-order chi connectivity index (χ0) is 14.8. The first-order chi connectivity index (χ1) is 10.2. The molecule has 112 valence electrons. The van der Waals surface area contributed by atoms with Gasteiger partial charge in [0, 0.05) is 25.8 Å². The van der Waals surface area contributed by atoms with Crippen LogP contribution in [0.5, 0.6) is 0 Å². The number of hydrogen-bond acceptors (Lipinski definition) is 6. The number of carbonyl (C=O) groups excluding carboxylic acids is 1. The van der Waals surface area contributed by atoms with Gasteiger partial charge >= 0.3 is 0 Å². The number of hydrogen-bond donors (Lipinski definition) is 3. The molecule has 1 aliphatic rings. The molecule has 8 heteroatoms. The summed E-state index contributed by atoms with van der Waals surface area (Å²) in [7, 11) is 0. The molecule has 2 aromatic heterocycles. The first kappa shape index (κ1) is 13.6. The lowest BCUT2D eigenvalue weighted by atomic mass is 10.3. The standard InChI is InChI=1S/C13H18N6O2/c14-11-10(13(21)15-4-8-20)12-16-9(3-7-19(12)17-11)18-5-1-2-6-18/h3,7,20H,1-2,4-6,8H2,(H2,14,17)(H,15,21). The molecule has 3 rings (SSSR count). The third-order valence-electron chi connectivity index (χ3n) is 3.55. The van der Waals surface area contributed by atoms with Crippen LogP contribution in [0.4, 0.5) is 11.6 Å². The molecule has 0 aromatic carbocycles. The molecule has 4 N–H and O–H groups in total. The Bertz CT molecular complexity index is 662. The minimum atomic E-state index is -0.373. The fraction of sp³-hybridized carbons (Fsp3) is 0.462. The lowest BCUT2D eigenvalue weighted by Crippen LogP contribution is -2.27. The van der Waals surface area contributed by atoms with Gasteiger partial charge in [-0.25, -0.2) is 9.50 Å². The molecule has 1 fully saturated rings. The van der Waals surface area contributed by atoms with Gasteiger partial charge in [0.05, 0.1) is 6.61 Å². The van der Waals surface area contributed by atoms with Crippen LogP contribution in [0.25, 0.3) is 5.65 Å². The van der Waals surface area contributed by atoms with Crippen molar-refractivity contribution in [2.45, 2.75) is 12.8 Å². The molecule has 2 aromatic rings. The summed E-state index contributed by atoms with van der Waals surface area (Å²) in [5.41, 5.74) is 6.51. The number of nitrogens with one attached hydrogen (secondary N) is 1. The fourth-order valence-corrected chi connectivity index (χ4v) is 2.53. The Balaban J connectivity index is 2.00. The molecule has 0 aliphatic carbocycles. The van der Waals surface area contributed by atoms with Gasteiger partial charge in [0.2, 0.25) is 0 Å². The van der Waals surface area contributed by atoms with Crippen molar-refractivity contribution >= 4 is 23.2 Å². The fourth-order valence-electron chi connectivity index (χ4n) is 2.53. The van der Waals surface area contributed by atoms with E-state index < -0.39 is 0 Å². The van der Waals surface area contributed by atoms with E-state index in [1.807, 2.05) is 6.07 Å². The number of fused-ring (bicyclic) bond motifs is 1. The predicted molar refractivity (Wildman–Crippen MR) is 78.3 cm³/mol. The monoisotopic (exact) mass is 290 g/mol. The molecule has 0 atom stereocenters. The van der Waals surface area contributed by atoms with Crippen LogP contribution in [0.2, 0.25) is 0 Å². The molecule has 0 unspecified atom stereocenters. The average Bonchev–Trinajstić information content (AvgIpc) is 3.10. The molecule has 0 saturated carbocycles. The van der Waals surface area contributed by atoms with E-state index in [0.717, 1.165) is 31.7 Å². The molecule has 1 saturated heterocycles. The first-order valence-corrected chi connectivity index (χ1v) is 6.99.